The molecular weight excluding hydrogens is 520 g/mol. The maximum Gasteiger partial charge on any atom is 0.160 e. The van der Waals surface area contributed by atoms with Crippen LogP contribution in [0.25, 0.3) is 22.6 Å². The molecule has 10 heteroatoms. The minimum Gasteiger partial charge on any atom is -0.259 e. The van der Waals surface area contributed by atoms with E-state index in [1.54, 1.807) is 30.6 Å². The van der Waals surface area contributed by atoms with Gasteiger partial charge in [-0.3, -0.25) is 4.98 Å². The van der Waals surface area contributed by atoms with Crippen molar-refractivity contribution in [1.29, 1.82) is 0 Å². The highest BCUT2D eigenvalue weighted by molar-refractivity contribution is 7.89. The van der Waals surface area contributed by atoms with Crippen molar-refractivity contribution in [3.8, 4) is 22.6 Å². The molecule has 0 saturated heterocycles. The predicted molar refractivity (Wildman–Crippen MR) is 144 cm³/mol. The Morgan fingerprint density at radius 3 is 2.44 bits per heavy atom. The number of benzene rings is 1. The van der Waals surface area contributed by atoms with Crippen LogP contribution in [0, 0.1) is 17.6 Å². The molecule has 2 bridgehead atoms. The zero-order chi connectivity index (χ0) is 27.9. The van der Waals surface area contributed by atoms with Crippen LogP contribution < -0.4 is 0 Å². The third-order valence-electron chi connectivity index (χ3n) is 7.70. The van der Waals surface area contributed by atoms with Crippen LogP contribution in [-0.2, 0) is 21.0 Å². The summed E-state index contributed by atoms with van der Waals surface area (Å²) in [6.45, 7) is 6.16. The van der Waals surface area contributed by atoms with Crippen LogP contribution in [0.2, 0.25) is 0 Å². The van der Waals surface area contributed by atoms with E-state index in [-0.39, 0.29) is 28.8 Å². The van der Waals surface area contributed by atoms with Gasteiger partial charge < -0.3 is 0 Å². The Labute approximate surface area is 226 Å². The molecule has 6 rings (SSSR count). The van der Waals surface area contributed by atoms with E-state index in [1.165, 1.54) is 24.5 Å². The van der Waals surface area contributed by atoms with Crippen LogP contribution in [-0.4, -0.2) is 39.8 Å². The molecule has 1 fully saturated rings. The first-order chi connectivity index (χ1) is 18.7. The van der Waals surface area contributed by atoms with E-state index in [1.807, 2.05) is 19.9 Å². The Morgan fingerprint density at radius 2 is 1.77 bits per heavy atom. The number of pyridine rings is 1. The lowest BCUT2D eigenvalue weighted by Crippen LogP contribution is -2.31. The van der Waals surface area contributed by atoms with Gasteiger partial charge in [0.15, 0.2) is 15.7 Å². The highest BCUT2D eigenvalue weighted by Crippen LogP contribution is 2.62. The average molecular weight is 550 g/mol. The molecule has 1 saturated carbocycles. The number of aromatic nitrogens is 5. The SMILES string of the molecule is CC.CC1[C@H]2CC[C@]1(c1ccnc(-c3ccc(CS(C)(=O)=O)nc3)n1)c1nnc(-c3c(F)cccc3F)cc12. The summed E-state index contributed by atoms with van der Waals surface area (Å²) < 4.78 is 52.0. The van der Waals surface area contributed by atoms with E-state index < -0.39 is 26.9 Å². The van der Waals surface area contributed by atoms with Gasteiger partial charge in [-0.05, 0) is 66.6 Å². The van der Waals surface area contributed by atoms with Crippen molar-refractivity contribution in [3.63, 3.8) is 0 Å². The van der Waals surface area contributed by atoms with Gasteiger partial charge in [0, 0.05) is 24.2 Å². The number of hydrogen-bond donors (Lipinski definition) is 0. The monoisotopic (exact) mass is 549 g/mol. The minimum absolute atomic E-state index is 0.135. The van der Waals surface area contributed by atoms with Crippen LogP contribution in [0.5, 0.6) is 0 Å². The van der Waals surface area contributed by atoms with Gasteiger partial charge in [-0.1, -0.05) is 26.8 Å². The number of nitrogens with zero attached hydrogens (tertiary/aromatic N) is 5. The summed E-state index contributed by atoms with van der Waals surface area (Å²) in [6, 6.07) is 10.9. The van der Waals surface area contributed by atoms with E-state index in [9.17, 15) is 17.2 Å². The average Bonchev–Trinajstić information content (AvgIpc) is 3.38. The molecule has 1 aromatic carbocycles. The molecule has 0 aliphatic heterocycles. The van der Waals surface area contributed by atoms with E-state index in [0.717, 1.165) is 29.8 Å². The molecule has 39 heavy (non-hydrogen) atoms. The van der Waals surface area contributed by atoms with E-state index in [2.05, 4.69) is 27.1 Å². The first-order valence-corrected chi connectivity index (χ1v) is 15.0. The lowest BCUT2D eigenvalue weighted by atomic mass is 9.75. The second-order valence-corrected chi connectivity index (χ2v) is 12.0. The molecule has 0 N–H and O–H groups in total. The molecule has 0 spiro atoms. The fourth-order valence-electron chi connectivity index (χ4n) is 6.00. The zero-order valence-corrected chi connectivity index (χ0v) is 23.0. The fourth-order valence-corrected chi connectivity index (χ4v) is 6.71. The highest BCUT2D eigenvalue weighted by Gasteiger charge is 2.58. The smallest absolute Gasteiger partial charge is 0.160 e. The summed E-state index contributed by atoms with van der Waals surface area (Å²) >= 11 is 0. The summed E-state index contributed by atoms with van der Waals surface area (Å²) in [6.07, 6.45) is 6.18. The molecule has 7 nitrogen and oxygen atoms in total. The standard InChI is InChI=1S/C27H23F2N5O2S.C2H6/c1-15-18-8-10-27(15,25-19(18)12-22(33-34-25)24-20(28)4-3-5-21(24)29)23-9-11-30-26(32-23)16-6-7-17(31-13-16)14-37(2,35)36;1-2/h3-7,9,11-13,15,18H,8,10,14H2,1-2H3;1-2H3/t15?,18-,27+;/m1./s1. The van der Waals surface area contributed by atoms with Gasteiger partial charge in [0.2, 0.25) is 0 Å². The quantitative estimate of drug-likeness (QED) is 0.317. The molecule has 2 aliphatic carbocycles. The molecule has 1 unspecified atom stereocenters. The first-order valence-electron chi connectivity index (χ1n) is 13.0. The molecule has 0 amide bonds. The van der Waals surface area contributed by atoms with Crippen molar-refractivity contribution in [3.05, 3.63) is 89.1 Å². The maximum atomic E-state index is 14.4. The Balaban J connectivity index is 0.00000151. The van der Waals surface area contributed by atoms with Gasteiger partial charge in [0.1, 0.15) is 11.6 Å². The second kappa shape index (κ2) is 10.1. The maximum absolute atomic E-state index is 14.4. The molecule has 0 radical (unpaired) electrons. The first kappa shape index (κ1) is 26.9. The zero-order valence-electron chi connectivity index (χ0n) is 22.2. The number of sulfone groups is 1. The van der Waals surface area contributed by atoms with Crippen LogP contribution in [0.15, 0.2) is 54.9 Å². The molecule has 3 aromatic heterocycles. The largest absolute Gasteiger partial charge is 0.259 e. The normalized spacial score (nSPS) is 21.3. The van der Waals surface area contributed by atoms with E-state index >= 15 is 0 Å². The van der Waals surface area contributed by atoms with Crippen LogP contribution in [0.1, 0.15) is 62.2 Å². The van der Waals surface area contributed by atoms with Gasteiger partial charge in [0.05, 0.1) is 39.5 Å². The van der Waals surface area contributed by atoms with Gasteiger partial charge in [-0.25, -0.2) is 27.2 Å². The molecule has 202 valence electrons. The number of halogens is 2. The van der Waals surface area contributed by atoms with Crippen molar-refractivity contribution in [2.24, 2.45) is 5.92 Å². The Bertz CT molecular complexity index is 1630. The van der Waals surface area contributed by atoms with Crippen molar-refractivity contribution in [2.45, 2.75) is 50.7 Å². The topological polar surface area (TPSA) is 98.6 Å². The van der Waals surface area contributed by atoms with Crippen molar-refractivity contribution in [2.75, 3.05) is 6.26 Å². The third-order valence-corrected chi connectivity index (χ3v) is 8.52. The summed E-state index contributed by atoms with van der Waals surface area (Å²) in [4.78, 5) is 13.6. The van der Waals surface area contributed by atoms with E-state index in [0.29, 0.717) is 17.1 Å². The number of hydrogen-bond acceptors (Lipinski definition) is 7. The fraction of sp³-hybridized carbons (Fsp3) is 0.345. The van der Waals surface area contributed by atoms with Crippen molar-refractivity contribution in [1.82, 2.24) is 25.1 Å². The molecule has 3 atom stereocenters. The van der Waals surface area contributed by atoms with Crippen LogP contribution in [0.4, 0.5) is 8.78 Å². The summed E-state index contributed by atoms with van der Waals surface area (Å²) in [5.74, 6) is -0.657. The number of rotatable bonds is 5. The summed E-state index contributed by atoms with van der Waals surface area (Å²) in [5.41, 5.74) is 3.22. The van der Waals surface area contributed by atoms with Crippen LogP contribution >= 0.6 is 0 Å². The molecule has 4 aromatic rings. The van der Waals surface area contributed by atoms with Gasteiger partial charge in [-0.2, -0.15) is 5.10 Å². The Hall–Kier alpha value is -3.66. The second-order valence-electron chi connectivity index (χ2n) is 9.91. The highest BCUT2D eigenvalue weighted by atomic mass is 32.2. The number of fused-ring (bicyclic) bond motifs is 5. The lowest BCUT2D eigenvalue weighted by Gasteiger charge is -2.30. The molecule has 2 aliphatic rings. The van der Waals surface area contributed by atoms with Crippen molar-refractivity contribution < 1.29 is 17.2 Å². The predicted octanol–water partition coefficient (Wildman–Crippen LogP) is 5.66. The summed E-state index contributed by atoms with van der Waals surface area (Å²) in [5, 5.41) is 8.79. The Morgan fingerprint density at radius 1 is 1.03 bits per heavy atom. The lowest BCUT2D eigenvalue weighted by molar-refractivity contribution is 0.398. The van der Waals surface area contributed by atoms with Gasteiger partial charge >= 0.3 is 0 Å². The Kier molecular flexibility index (Phi) is 7.00. The van der Waals surface area contributed by atoms with Gasteiger partial charge in [0.25, 0.3) is 0 Å². The molecular formula is C29H29F2N5O2S. The van der Waals surface area contributed by atoms with Crippen LogP contribution in [0.3, 0.4) is 0 Å². The van der Waals surface area contributed by atoms with E-state index in [4.69, 9.17) is 4.98 Å². The summed E-state index contributed by atoms with van der Waals surface area (Å²) in [7, 11) is -3.19. The van der Waals surface area contributed by atoms with Crippen molar-refractivity contribution >= 4 is 9.84 Å². The van der Waals surface area contributed by atoms with Gasteiger partial charge in [-0.15, -0.1) is 5.10 Å². The third kappa shape index (κ3) is 4.60. The molecule has 3 heterocycles. The minimum atomic E-state index is -3.19.